The second-order valence-electron chi connectivity index (χ2n) is 6.75. The molecule has 1 heterocycles. The van der Waals surface area contributed by atoms with Crippen LogP contribution in [0.3, 0.4) is 0 Å². The van der Waals surface area contributed by atoms with Crippen molar-refractivity contribution in [2.75, 3.05) is 6.61 Å². The van der Waals surface area contributed by atoms with E-state index in [-0.39, 0.29) is 36.7 Å². The molecule has 1 aliphatic carbocycles. The van der Waals surface area contributed by atoms with Gasteiger partial charge >= 0.3 is 0 Å². The van der Waals surface area contributed by atoms with Gasteiger partial charge in [0.05, 0.1) is 18.6 Å². The number of carbonyl (C=O) groups is 2. The summed E-state index contributed by atoms with van der Waals surface area (Å²) < 4.78 is 41.4. The number of hydrogen-bond acceptors (Lipinski definition) is 3. The molecule has 0 radical (unpaired) electrons. The van der Waals surface area contributed by atoms with Crippen LogP contribution in [0.4, 0.5) is 13.2 Å². The first kappa shape index (κ1) is 17.9. The first-order valence-electron chi connectivity index (χ1n) is 8.43. The number of rotatable bonds is 3. The summed E-state index contributed by atoms with van der Waals surface area (Å²) in [5, 5.41) is 1.06. The summed E-state index contributed by atoms with van der Waals surface area (Å²) >= 11 is 0. The van der Waals surface area contributed by atoms with E-state index in [1.165, 1.54) is 6.92 Å². The topological polar surface area (TPSA) is 46.6 Å². The number of hydrogen-bond donors (Lipinski definition) is 0. The highest BCUT2D eigenvalue weighted by Gasteiger charge is 2.42. The fourth-order valence-corrected chi connectivity index (χ4v) is 3.68. The lowest BCUT2D eigenvalue weighted by atomic mass is 9.78. The van der Waals surface area contributed by atoms with Gasteiger partial charge in [-0.25, -0.2) is 18.2 Å². The zero-order valence-corrected chi connectivity index (χ0v) is 13.9. The highest BCUT2D eigenvalue weighted by molar-refractivity contribution is 5.81. The van der Waals surface area contributed by atoms with E-state index in [9.17, 15) is 22.8 Å². The van der Waals surface area contributed by atoms with Gasteiger partial charge < -0.3 is 0 Å². The van der Waals surface area contributed by atoms with Gasteiger partial charge in [-0.2, -0.15) is 0 Å². The first-order chi connectivity index (χ1) is 11.9. The average molecular weight is 355 g/mol. The molecule has 1 saturated carbocycles. The molecule has 0 aromatic heterocycles. The van der Waals surface area contributed by atoms with E-state index in [4.69, 9.17) is 4.84 Å². The van der Waals surface area contributed by atoms with Crippen LogP contribution in [0.2, 0.25) is 0 Å². The zero-order chi connectivity index (χ0) is 18.1. The van der Waals surface area contributed by atoms with Crippen molar-refractivity contribution in [3.63, 3.8) is 0 Å². The number of carbonyl (C=O) groups excluding carboxylic acids is 2. The molecule has 0 spiro atoms. The van der Waals surface area contributed by atoms with E-state index in [1.807, 2.05) is 0 Å². The number of hydroxylamine groups is 2. The van der Waals surface area contributed by atoms with Gasteiger partial charge in [0.1, 0.15) is 23.6 Å². The molecule has 1 aliphatic heterocycles. The van der Waals surface area contributed by atoms with E-state index in [1.54, 1.807) is 0 Å². The molecule has 7 heteroatoms. The molecule has 1 aromatic carbocycles. The summed E-state index contributed by atoms with van der Waals surface area (Å²) in [6.07, 6.45) is -0.301. The normalized spacial score (nSPS) is 29.7. The molecule has 1 amide bonds. The number of Topliss-reactive ketones (excluding diaryl/α,β-unsaturated/α-hetero) is 1. The highest BCUT2D eigenvalue weighted by atomic mass is 19.1. The molecule has 0 bridgehead atoms. The molecule has 4 atom stereocenters. The van der Waals surface area contributed by atoms with Gasteiger partial charge in [0.15, 0.2) is 0 Å². The Morgan fingerprint density at radius 3 is 2.40 bits per heavy atom. The van der Waals surface area contributed by atoms with Gasteiger partial charge in [-0.3, -0.25) is 14.4 Å². The van der Waals surface area contributed by atoms with E-state index in [0.29, 0.717) is 12.8 Å². The van der Waals surface area contributed by atoms with Crippen LogP contribution in [0.5, 0.6) is 0 Å². The Morgan fingerprint density at radius 1 is 1.12 bits per heavy atom. The Labute approximate surface area is 143 Å². The molecule has 0 N–H and O–H groups in total. The maximum atomic E-state index is 14.4. The monoisotopic (exact) mass is 355 g/mol. The number of ketones is 1. The lowest BCUT2D eigenvalue weighted by molar-refractivity contribution is -0.185. The Hall–Kier alpha value is -1.89. The molecular formula is C18H20F3NO3. The summed E-state index contributed by atoms with van der Waals surface area (Å²) in [6.45, 7) is 1.64. The molecule has 1 aromatic rings. The van der Waals surface area contributed by atoms with Gasteiger partial charge in [0.25, 0.3) is 5.91 Å². The van der Waals surface area contributed by atoms with E-state index < -0.39 is 35.7 Å². The number of benzene rings is 1. The molecule has 136 valence electrons. The number of halogens is 3. The van der Waals surface area contributed by atoms with Crippen LogP contribution in [-0.2, 0) is 14.4 Å². The predicted molar refractivity (Wildman–Crippen MR) is 82.9 cm³/mol. The molecular weight excluding hydrogens is 335 g/mol. The van der Waals surface area contributed by atoms with Crippen molar-refractivity contribution in [2.24, 2.45) is 11.8 Å². The van der Waals surface area contributed by atoms with Crippen LogP contribution in [-0.4, -0.2) is 29.5 Å². The first-order valence-corrected chi connectivity index (χ1v) is 8.43. The second-order valence-corrected chi connectivity index (χ2v) is 6.75. The fourth-order valence-electron chi connectivity index (χ4n) is 3.68. The Bertz CT molecular complexity index is 661. The van der Waals surface area contributed by atoms with Crippen molar-refractivity contribution in [2.45, 2.75) is 44.8 Å². The molecule has 1 saturated heterocycles. The van der Waals surface area contributed by atoms with Gasteiger partial charge in [0, 0.05) is 18.4 Å². The Morgan fingerprint density at radius 2 is 1.80 bits per heavy atom. The lowest BCUT2D eigenvalue weighted by Crippen LogP contribution is -2.42. The van der Waals surface area contributed by atoms with Crippen LogP contribution >= 0.6 is 0 Å². The molecule has 1 unspecified atom stereocenters. The van der Waals surface area contributed by atoms with E-state index in [0.717, 1.165) is 23.3 Å². The van der Waals surface area contributed by atoms with Crippen molar-refractivity contribution in [1.82, 2.24) is 5.06 Å². The maximum absolute atomic E-state index is 14.4. The lowest BCUT2D eigenvalue weighted by Gasteiger charge is -2.33. The minimum absolute atomic E-state index is 0.0266. The Balaban J connectivity index is 1.76. The van der Waals surface area contributed by atoms with E-state index in [2.05, 4.69) is 0 Å². The second kappa shape index (κ2) is 7.15. The van der Waals surface area contributed by atoms with Gasteiger partial charge in [-0.05, 0) is 43.9 Å². The minimum atomic E-state index is -1.43. The molecule has 2 aliphatic rings. The summed E-state index contributed by atoms with van der Waals surface area (Å²) in [5.41, 5.74) is 0.288. The van der Waals surface area contributed by atoms with Crippen LogP contribution in [0.15, 0.2) is 18.2 Å². The summed E-state index contributed by atoms with van der Waals surface area (Å²) in [7, 11) is 0. The van der Waals surface area contributed by atoms with Gasteiger partial charge in [-0.1, -0.05) is 0 Å². The summed E-state index contributed by atoms with van der Waals surface area (Å²) in [5.74, 6) is -3.32. The van der Waals surface area contributed by atoms with Crippen LogP contribution < -0.4 is 0 Å². The quantitative estimate of drug-likeness (QED) is 0.834. The third kappa shape index (κ3) is 3.71. The van der Waals surface area contributed by atoms with Crippen LogP contribution in [0.25, 0.3) is 0 Å². The van der Waals surface area contributed by atoms with E-state index >= 15 is 0 Å². The van der Waals surface area contributed by atoms with Gasteiger partial charge in [-0.15, -0.1) is 0 Å². The zero-order valence-electron chi connectivity index (χ0n) is 13.9. The number of nitrogens with zero attached hydrogens (tertiary/aromatic N) is 1. The number of alkyl halides is 1. The standard InChI is InChI=1S/C18H20F3NO3/c1-10(23)11-2-3-15(16(21)8-11)18(24)22-17(4-5-25-22)12-6-13(19)9-14(20)7-12/h6-7,9,11,15-17H,2-5,8H2,1H3/t11?,15-,16+,17-/m1/s1. The van der Waals surface area contributed by atoms with Crippen molar-refractivity contribution < 1.29 is 27.6 Å². The van der Waals surface area contributed by atoms with Gasteiger partial charge in [0.2, 0.25) is 0 Å². The van der Waals surface area contributed by atoms with Crippen LogP contribution in [0.1, 0.15) is 44.2 Å². The van der Waals surface area contributed by atoms with Crippen molar-refractivity contribution in [3.05, 3.63) is 35.4 Å². The largest absolute Gasteiger partial charge is 0.300 e. The third-order valence-electron chi connectivity index (χ3n) is 5.06. The molecule has 25 heavy (non-hydrogen) atoms. The smallest absolute Gasteiger partial charge is 0.252 e. The average Bonchev–Trinajstić information content (AvgIpc) is 3.02. The summed E-state index contributed by atoms with van der Waals surface area (Å²) in [6, 6.07) is 2.42. The Kier molecular flexibility index (Phi) is 5.13. The highest BCUT2D eigenvalue weighted by Crippen LogP contribution is 2.38. The molecule has 2 fully saturated rings. The number of amides is 1. The predicted octanol–water partition coefficient (Wildman–Crippen LogP) is 3.51. The molecule has 4 nitrogen and oxygen atoms in total. The maximum Gasteiger partial charge on any atom is 0.252 e. The third-order valence-corrected chi connectivity index (χ3v) is 5.06. The molecule has 3 rings (SSSR count). The van der Waals surface area contributed by atoms with Crippen molar-refractivity contribution in [3.8, 4) is 0 Å². The SMILES string of the molecule is CC(=O)C1CC[C@@H](C(=O)N2OCC[C@@H]2c2cc(F)cc(F)c2)[C@@H](F)C1. The van der Waals surface area contributed by atoms with Crippen molar-refractivity contribution in [1.29, 1.82) is 0 Å². The fraction of sp³-hybridized carbons (Fsp3) is 0.556. The minimum Gasteiger partial charge on any atom is -0.300 e. The summed E-state index contributed by atoms with van der Waals surface area (Å²) in [4.78, 5) is 29.5. The van der Waals surface area contributed by atoms with Crippen molar-refractivity contribution >= 4 is 11.7 Å². The van der Waals surface area contributed by atoms with Crippen LogP contribution in [0, 0.1) is 23.5 Å².